The predicted octanol–water partition coefficient (Wildman–Crippen LogP) is 2.98. The number of aliphatic hydroxyl groups is 1. The van der Waals surface area contributed by atoms with Crippen molar-refractivity contribution in [3.05, 3.63) is 48.0 Å². The molecule has 5 rings (SSSR count). The number of aromatic nitrogens is 3. The quantitative estimate of drug-likeness (QED) is 0.531. The normalized spacial score (nSPS) is 21.6. The zero-order valence-electron chi connectivity index (χ0n) is 23.9. The molecule has 2 atom stereocenters. The molecule has 214 valence electrons. The Labute approximate surface area is 233 Å². The maximum Gasteiger partial charge on any atom is 0.274 e. The Kier molecular flexibility index (Phi) is 7.08. The summed E-state index contributed by atoms with van der Waals surface area (Å²) in [6, 6.07) is 8.08. The van der Waals surface area contributed by atoms with Gasteiger partial charge in [-0.3, -0.25) is 9.59 Å². The fraction of sp³-hybridized carbons (Fsp3) is 0.517. The molecular formula is C29H37FN6O4. The molecule has 10 nitrogen and oxygen atoms in total. The van der Waals surface area contributed by atoms with Crippen LogP contribution in [0.3, 0.4) is 0 Å². The number of imidazole rings is 1. The lowest BCUT2D eigenvalue weighted by Gasteiger charge is -2.47. The Morgan fingerprint density at radius 2 is 1.75 bits per heavy atom. The van der Waals surface area contributed by atoms with Crippen molar-refractivity contribution in [1.82, 2.24) is 24.4 Å². The summed E-state index contributed by atoms with van der Waals surface area (Å²) in [5, 5.41) is 14.9. The van der Waals surface area contributed by atoms with Crippen molar-refractivity contribution in [2.24, 2.45) is 0 Å². The first-order valence-electron chi connectivity index (χ1n) is 13.6. The molecule has 3 aromatic rings. The summed E-state index contributed by atoms with van der Waals surface area (Å²) in [4.78, 5) is 36.8. The van der Waals surface area contributed by atoms with E-state index in [-0.39, 0.29) is 42.1 Å². The van der Waals surface area contributed by atoms with E-state index in [2.05, 4.69) is 4.90 Å². The maximum absolute atomic E-state index is 13.8. The van der Waals surface area contributed by atoms with Crippen LogP contribution in [-0.2, 0) is 9.53 Å². The van der Waals surface area contributed by atoms with Gasteiger partial charge in [0.2, 0.25) is 0 Å². The van der Waals surface area contributed by atoms with Crippen molar-refractivity contribution in [3.8, 4) is 11.3 Å². The number of halogens is 1. The first-order chi connectivity index (χ1) is 18.7. The summed E-state index contributed by atoms with van der Waals surface area (Å²) in [7, 11) is 0. The number of rotatable bonds is 4. The number of carbonyl (C=O) groups is 2. The number of piperazine rings is 1. The van der Waals surface area contributed by atoms with Crippen LogP contribution in [0.1, 0.15) is 52.0 Å². The van der Waals surface area contributed by atoms with Crippen LogP contribution in [0.25, 0.3) is 16.9 Å². The molecule has 2 aromatic heterocycles. The number of carbonyl (C=O) groups excluding carboxylic acids is 2. The standard InChI is InChI=1S/C29H37FN6O4/c1-18-14-34(15-19(2)40-18)24-13-22(20-7-9-21(30)10-8-20)32-36-16-23(31-25(24)36)26(37)35-12-11-33(17-28(35,3)4)27(38)29(5,6)39/h7-10,13,16,18-19,39H,11-12,14-15,17H2,1-6H3/t18-,19+. The van der Waals surface area contributed by atoms with Gasteiger partial charge in [-0.2, -0.15) is 5.10 Å². The smallest absolute Gasteiger partial charge is 0.274 e. The molecule has 1 N–H and O–H groups in total. The van der Waals surface area contributed by atoms with Crippen LogP contribution in [0.15, 0.2) is 36.5 Å². The number of fused-ring (bicyclic) bond motifs is 1. The first kappa shape index (κ1) is 28.0. The molecule has 0 unspecified atom stereocenters. The number of hydrogen-bond donors (Lipinski definition) is 1. The second kappa shape index (κ2) is 10.1. The average Bonchev–Trinajstić information content (AvgIpc) is 3.30. The predicted molar refractivity (Wildman–Crippen MR) is 149 cm³/mol. The molecular weight excluding hydrogens is 515 g/mol. The highest BCUT2D eigenvalue weighted by molar-refractivity contribution is 5.94. The van der Waals surface area contributed by atoms with Gasteiger partial charge in [0.1, 0.15) is 17.1 Å². The highest BCUT2D eigenvalue weighted by Crippen LogP contribution is 2.31. The van der Waals surface area contributed by atoms with E-state index in [1.165, 1.54) is 26.0 Å². The molecule has 1 aromatic carbocycles. The number of anilines is 1. The molecule has 11 heteroatoms. The van der Waals surface area contributed by atoms with Crippen LogP contribution >= 0.6 is 0 Å². The van der Waals surface area contributed by atoms with Crippen LogP contribution in [0.5, 0.6) is 0 Å². The third-order valence-corrected chi connectivity index (χ3v) is 7.48. The van der Waals surface area contributed by atoms with Gasteiger partial charge >= 0.3 is 0 Å². The Hall–Kier alpha value is -3.57. The zero-order chi connectivity index (χ0) is 29.0. The van der Waals surface area contributed by atoms with Crippen molar-refractivity contribution < 1.29 is 23.8 Å². The molecule has 2 aliphatic rings. The lowest BCUT2D eigenvalue weighted by Crippen LogP contribution is -2.64. The largest absolute Gasteiger partial charge is 0.381 e. The van der Waals surface area contributed by atoms with Gasteiger partial charge in [-0.05, 0) is 71.9 Å². The number of nitrogens with zero attached hydrogens (tertiary/aromatic N) is 6. The summed E-state index contributed by atoms with van der Waals surface area (Å²) >= 11 is 0. The maximum atomic E-state index is 13.8. The van der Waals surface area contributed by atoms with Crippen molar-refractivity contribution in [2.45, 2.75) is 64.9 Å². The highest BCUT2D eigenvalue weighted by atomic mass is 19.1. The van der Waals surface area contributed by atoms with Crippen molar-refractivity contribution in [3.63, 3.8) is 0 Å². The van der Waals surface area contributed by atoms with Crippen LogP contribution < -0.4 is 4.90 Å². The molecule has 2 fully saturated rings. The Morgan fingerprint density at radius 1 is 1.10 bits per heavy atom. The lowest BCUT2D eigenvalue weighted by molar-refractivity contribution is -0.152. The molecule has 0 spiro atoms. The van der Waals surface area contributed by atoms with E-state index < -0.39 is 11.1 Å². The summed E-state index contributed by atoms with van der Waals surface area (Å²) in [6.45, 7) is 13.0. The summed E-state index contributed by atoms with van der Waals surface area (Å²) in [6.07, 6.45) is 1.64. The van der Waals surface area contributed by atoms with E-state index in [1.807, 2.05) is 33.8 Å². The van der Waals surface area contributed by atoms with E-state index in [9.17, 15) is 19.1 Å². The van der Waals surface area contributed by atoms with Gasteiger partial charge in [0.05, 0.1) is 35.3 Å². The number of hydrogen-bond acceptors (Lipinski definition) is 7. The Morgan fingerprint density at radius 3 is 2.35 bits per heavy atom. The monoisotopic (exact) mass is 552 g/mol. The number of morpholine rings is 1. The minimum absolute atomic E-state index is 0.00556. The van der Waals surface area contributed by atoms with Crippen LogP contribution in [0.2, 0.25) is 0 Å². The van der Waals surface area contributed by atoms with Crippen molar-refractivity contribution >= 4 is 23.1 Å². The minimum atomic E-state index is -1.48. The van der Waals surface area contributed by atoms with Crippen LogP contribution in [0, 0.1) is 5.82 Å². The van der Waals surface area contributed by atoms with E-state index in [4.69, 9.17) is 14.8 Å². The zero-order valence-corrected chi connectivity index (χ0v) is 23.9. The third kappa shape index (κ3) is 5.40. The molecule has 0 aliphatic carbocycles. The molecule has 40 heavy (non-hydrogen) atoms. The van der Waals surface area contributed by atoms with Crippen molar-refractivity contribution in [1.29, 1.82) is 0 Å². The topological polar surface area (TPSA) is 104 Å². The molecule has 4 heterocycles. The van der Waals surface area contributed by atoms with Gasteiger partial charge in [0.25, 0.3) is 11.8 Å². The number of benzene rings is 1. The molecule has 2 saturated heterocycles. The van der Waals surface area contributed by atoms with Gasteiger partial charge < -0.3 is 24.5 Å². The van der Waals surface area contributed by atoms with Crippen LogP contribution in [0.4, 0.5) is 10.1 Å². The minimum Gasteiger partial charge on any atom is -0.381 e. The number of ether oxygens (including phenoxy) is 1. The van der Waals surface area contributed by atoms with Crippen LogP contribution in [-0.4, -0.2) is 97.4 Å². The lowest BCUT2D eigenvalue weighted by atomic mass is 9.96. The third-order valence-electron chi connectivity index (χ3n) is 7.48. The molecule has 0 bridgehead atoms. The van der Waals surface area contributed by atoms with Gasteiger partial charge in [-0.15, -0.1) is 0 Å². The van der Waals surface area contributed by atoms with Crippen molar-refractivity contribution in [2.75, 3.05) is 37.6 Å². The Bertz CT molecular complexity index is 1420. The fourth-order valence-corrected chi connectivity index (χ4v) is 5.66. The summed E-state index contributed by atoms with van der Waals surface area (Å²) in [5.74, 6) is -0.955. The van der Waals surface area contributed by atoms with E-state index in [1.54, 1.807) is 32.6 Å². The second-order valence-electron chi connectivity index (χ2n) is 12.0. The highest BCUT2D eigenvalue weighted by Gasteiger charge is 2.42. The molecule has 2 amide bonds. The van der Waals surface area contributed by atoms with Gasteiger partial charge in [0, 0.05) is 38.3 Å². The van der Waals surface area contributed by atoms with E-state index in [0.717, 1.165) is 11.3 Å². The SMILES string of the molecule is C[C@@H]1CN(c2cc(-c3ccc(F)cc3)nn3cc(C(=O)N4CCN(C(=O)C(C)(C)O)CC4(C)C)nc23)C[C@H](C)O1. The number of amides is 2. The van der Waals surface area contributed by atoms with E-state index in [0.29, 0.717) is 37.5 Å². The fourth-order valence-electron chi connectivity index (χ4n) is 5.66. The van der Waals surface area contributed by atoms with Gasteiger partial charge in [-0.1, -0.05) is 0 Å². The molecule has 0 radical (unpaired) electrons. The second-order valence-corrected chi connectivity index (χ2v) is 12.0. The van der Waals surface area contributed by atoms with Gasteiger partial charge in [0.15, 0.2) is 5.65 Å². The molecule has 0 saturated carbocycles. The van der Waals surface area contributed by atoms with Gasteiger partial charge in [-0.25, -0.2) is 13.9 Å². The molecule has 2 aliphatic heterocycles. The Balaban J connectivity index is 1.52. The average molecular weight is 553 g/mol. The summed E-state index contributed by atoms with van der Waals surface area (Å²) in [5.41, 5.74) is 0.812. The van der Waals surface area contributed by atoms with E-state index >= 15 is 0 Å². The summed E-state index contributed by atoms with van der Waals surface area (Å²) < 4.78 is 21.2. The first-order valence-corrected chi connectivity index (χ1v) is 13.6.